The second kappa shape index (κ2) is 9.89. The Balaban J connectivity index is 1.46. The predicted octanol–water partition coefficient (Wildman–Crippen LogP) is 3.95. The van der Waals surface area contributed by atoms with Crippen LogP contribution in [0.25, 0.3) is 0 Å². The van der Waals surface area contributed by atoms with Gasteiger partial charge in [0.25, 0.3) is 5.91 Å². The Hall–Kier alpha value is -2.38. The Morgan fingerprint density at radius 3 is 2.31 bits per heavy atom. The van der Waals surface area contributed by atoms with Crippen molar-refractivity contribution in [1.82, 2.24) is 4.90 Å². The molecule has 1 saturated heterocycles. The Morgan fingerprint density at radius 2 is 1.69 bits per heavy atom. The number of anilines is 1. The molecule has 3 rings (SSSR count). The Bertz CT molecular complexity index is 832. The summed E-state index contributed by atoms with van der Waals surface area (Å²) < 4.78 is 18.6. The van der Waals surface area contributed by atoms with Gasteiger partial charge in [-0.2, -0.15) is 0 Å². The number of carbonyl (C=O) groups is 2. The summed E-state index contributed by atoms with van der Waals surface area (Å²) in [6, 6.07) is 13.2. The zero-order chi connectivity index (χ0) is 20.8. The van der Waals surface area contributed by atoms with Crippen LogP contribution in [0, 0.1) is 5.82 Å². The van der Waals surface area contributed by atoms with Gasteiger partial charge in [-0.25, -0.2) is 4.39 Å². The van der Waals surface area contributed by atoms with Crippen LogP contribution in [-0.2, 0) is 15.3 Å². The Morgan fingerprint density at radius 1 is 1.07 bits per heavy atom. The highest BCUT2D eigenvalue weighted by atomic mass is 32.2. The molecule has 0 aliphatic carbocycles. The topological polar surface area (TPSA) is 58.6 Å². The number of benzene rings is 2. The molecule has 7 heteroatoms. The minimum absolute atomic E-state index is 0.0184. The highest BCUT2D eigenvalue weighted by Gasteiger charge is 2.26. The number of rotatable bonds is 6. The van der Waals surface area contributed by atoms with E-state index in [-0.39, 0.29) is 29.8 Å². The van der Waals surface area contributed by atoms with E-state index in [1.54, 1.807) is 0 Å². The van der Waals surface area contributed by atoms with Crippen molar-refractivity contribution in [2.24, 2.45) is 0 Å². The van der Waals surface area contributed by atoms with E-state index in [1.165, 1.54) is 36.0 Å². The van der Waals surface area contributed by atoms with Crippen LogP contribution in [0.2, 0.25) is 0 Å². The lowest BCUT2D eigenvalue weighted by molar-refractivity contribution is -0.113. The summed E-state index contributed by atoms with van der Waals surface area (Å²) in [4.78, 5) is 26.5. The van der Waals surface area contributed by atoms with Crippen molar-refractivity contribution in [3.05, 3.63) is 65.5 Å². The lowest BCUT2D eigenvalue weighted by Gasteiger charge is -2.35. The molecule has 2 atom stereocenters. The van der Waals surface area contributed by atoms with Crippen LogP contribution in [0.15, 0.2) is 48.5 Å². The summed E-state index contributed by atoms with van der Waals surface area (Å²) >= 11 is 1.48. The normalized spacial score (nSPS) is 19.1. The van der Waals surface area contributed by atoms with E-state index in [1.807, 2.05) is 43.0 Å². The van der Waals surface area contributed by atoms with E-state index in [0.717, 1.165) is 5.56 Å². The number of hydrogen-bond donors (Lipinski definition) is 1. The summed E-state index contributed by atoms with van der Waals surface area (Å²) in [5, 5.41) is 2.74. The van der Waals surface area contributed by atoms with Gasteiger partial charge in [0, 0.05) is 30.1 Å². The quantitative estimate of drug-likeness (QED) is 0.775. The molecule has 0 radical (unpaired) electrons. The van der Waals surface area contributed by atoms with Gasteiger partial charge < -0.3 is 15.0 Å². The van der Waals surface area contributed by atoms with Crippen molar-refractivity contribution in [3.8, 4) is 0 Å². The average Bonchev–Trinajstić information content (AvgIpc) is 2.69. The minimum Gasteiger partial charge on any atom is -0.372 e. The molecule has 5 nitrogen and oxygen atoms in total. The van der Waals surface area contributed by atoms with Crippen LogP contribution in [-0.4, -0.2) is 47.8 Å². The zero-order valence-corrected chi connectivity index (χ0v) is 17.4. The number of nitrogens with one attached hydrogen (secondary N) is 1. The highest BCUT2D eigenvalue weighted by molar-refractivity contribution is 7.99. The first-order valence-corrected chi connectivity index (χ1v) is 10.7. The first-order chi connectivity index (χ1) is 13.9. The van der Waals surface area contributed by atoms with Crippen molar-refractivity contribution in [1.29, 1.82) is 0 Å². The third-order valence-electron chi connectivity index (χ3n) is 4.54. The van der Waals surface area contributed by atoms with E-state index in [0.29, 0.717) is 35.8 Å². The summed E-state index contributed by atoms with van der Waals surface area (Å²) in [5.74, 6) is 0.504. The molecular formula is C22H25FN2O3S. The number of morpholine rings is 1. The fourth-order valence-electron chi connectivity index (χ4n) is 3.26. The fourth-order valence-corrected chi connectivity index (χ4v) is 4.05. The number of hydrogen-bond acceptors (Lipinski definition) is 4. The van der Waals surface area contributed by atoms with Gasteiger partial charge >= 0.3 is 0 Å². The van der Waals surface area contributed by atoms with Crippen LogP contribution in [0.4, 0.5) is 10.1 Å². The second-order valence-corrected chi connectivity index (χ2v) is 8.20. The number of amides is 2. The van der Waals surface area contributed by atoms with E-state index >= 15 is 0 Å². The molecule has 29 heavy (non-hydrogen) atoms. The summed E-state index contributed by atoms with van der Waals surface area (Å²) in [6.45, 7) is 5.15. The standard InChI is InChI=1S/C22H25FN2O3S/c1-15-11-25(12-16(2)28-15)22(27)18-5-3-17(4-6-18)13-29-14-21(26)24-20-9-7-19(23)8-10-20/h3-10,15-16H,11-14H2,1-2H3,(H,24,26). The van der Waals surface area contributed by atoms with Crippen LogP contribution in [0.5, 0.6) is 0 Å². The third kappa shape index (κ3) is 6.30. The van der Waals surface area contributed by atoms with Crippen molar-refractivity contribution in [2.45, 2.75) is 31.8 Å². The molecule has 0 aromatic heterocycles. The van der Waals surface area contributed by atoms with Gasteiger partial charge in [-0.05, 0) is 55.8 Å². The Kier molecular flexibility index (Phi) is 7.28. The van der Waals surface area contributed by atoms with Gasteiger partial charge in [-0.15, -0.1) is 11.8 Å². The number of nitrogens with zero attached hydrogens (tertiary/aromatic N) is 1. The van der Waals surface area contributed by atoms with Crippen LogP contribution < -0.4 is 5.32 Å². The predicted molar refractivity (Wildman–Crippen MR) is 114 cm³/mol. The maximum Gasteiger partial charge on any atom is 0.254 e. The van der Waals surface area contributed by atoms with Crippen LogP contribution >= 0.6 is 11.8 Å². The van der Waals surface area contributed by atoms with Gasteiger partial charge in [0.2, 0.25) is 5.91 Å². The third-order valence-corrected chi connectivity index (χ3v) is 5.54. The van der Waals surface area contributed by atoms with Gasteiger partial charge in [0.05, 0.1) is 18.0 Å². The number of thioether (sulfide) groups is 1. The largest absolute Gasteiger partial charge is 0.372 e. The van der Waals surface area contributed by atoms with Gasteiger partial charge in [-0.3, -0.25) is 9.59 Å². The molecular weight excluding hydrogens is 391 g/mol. The van der Waals surface area contributed by atoms with Crippen LogP contribution in [0.1, 0.15) is 29.8 Å². The molecule has 0 bridgehead atoms. The van der Waals surface area contributed by atoms with E-state index in [9.17, 15) is 14.0 Å². The average molecular weight is 417 g/mol. The van der Waals surface area contributed by atoms with Crippen molar-refractivity contribution in [3.63, 3.8) is 0 Å². The fraction of sp³-hybridized carbons (Fsp3) is 0.364. The molecule has 2 unspecified atom stereocenters. The number of halogens is 1. The SMILES string of the molecule is CC1CN(C(=O)c2ccc(CSCC(=O)Nc3ccc(F)cc3)cc2)CC(C)O1. The molecule has 2 amide bonds. The molecule has 1 aliphatic rings. The maximum atomic E-state index is 12.9. The molecule has 0 spiro atoms. The van der Waals surface area contributed by atoms with E-state index in [2.05, 4.69) is 5.32 Å². The van der Waals surface area contributed by atoms with Crippen molar-refractivity contribution in [2.75, 3.05) is 24.2 Å². The van der Waals surface area contributed by atoms with Gasteiger partial charge in [-0.1, -0.05) is 12.1 Å². The zero-order valence-electron chi connectivity index (χ0n) is 16.6. The molecule has 2 aromatic carbocycles. The summed E-state index contributed by atoms with van der Waals surface area (Å²) in [7, 11) is 0. The molecule has 2 aromatic rings. The first-order valence-electron chi connectivity index (χ1n) is 9.57. The van der Waals surface area contributed by atoms with Crippen molar-refractivity contribution >= 4 is 29.3 Å². The molecule has 154 valence electrons. The lowest BCUT2D eigenvalue weighted by atomic mass is 10.1. The lowest BCUT2D eigenvalue weighted by Crippen LogP contribution is -2.48. The molecule has 1 fully saturated rings. The van der Waals surface area contributed by atoms with Crippen molar-refractivity contribution < 1.29 is 18.7 Å². The number of carbonyl (C=O) groups excluding carboxylic acids is 2. The highest BCUT2D eigenvalue weighted by Crippen LogP contribution is 2.17. The van der Waals surface area contributed by atoms with E-state index < -0.39 is 0 Å². The molecule has 1 heterocycles. The van der Waals surface area contributed by atoms with E-state index in [4.69, 9.17) is 4.74 Å². The summed E-state index contributed by atoms with van der Waals surface area (Å²) in [5.41, 5.74) is 2.28. The summed E-state index contributed by atoms with van der Waals surface area (Å²) in [6.07, 6.45) is 0.0823. The molecule has 0 saturated carbocycles. The maximum absolute atomic E-state index is 12.9. The monoisotopic (exact) mass is 416 g/mol. The number of ether oxygens (including phenoxy) is 1. The van der Waals surface area contributed by atoms with Gasteiger partial charge in [0.15, 0.2) is 0 Å². The Labute approximate surface area is 174 Å². The smallest absolute Gasteiger partial charge is 0.254 e. The minimum atomic E-state index is -0.336. The molecule has 1 N–H and O–H groups in total. The van der Waals surface area contributed by atoms with Crippen LogP contribution in [0.3, 0.4) is 0 Å². The first kappa shape index (κ1) is 21.3. The second-order valence-electron chi connectivity index (χ2n) is 7.21. The molecule has 1 aliphatic heterocycles. The van der Waals surface area contributed by atoms with Gasteiger partial charge in [0.1, 0.15) is 5.82 Å².